The van der Waals surface area contributed by atoms with E-state index in [1.165, 1.54) is 6.07 Å². The zero-order valence-corrected chi connectivity index (χ0v) is 14.4. The molecule has 0 saturated heterocycles. The van der Waals surface area contributed by atoms with Crippen molar-refractivity contribution in [2.75, 3.05) is 5.32 Å². The first-order chi connectivity index (χ1) is 8.81. The predicted molar refractivity (Wildman–Crippen MR) is 84.7 cm³/mol. The van der Waals surface area contributed by atoms with Crippen LogP contribution in [0, 0.1) is 0 Å². The van der Waals surface area contributed by atoms with Crippen LogP contribution >= 0.6 is 55.1 Å². The van der Waals surface area contributed by atoms with E-state index in [1.807, 2.05) is 0 Å². The Morgan fingerprint density at radius 1 is 1.26 bits per heavy atom. The van der Waals surface area contributed by atoms with E-state index in [4.69, 9.17) is 23.2 Å². The van der Waals surface area contributed by atoms with Crippen molar-refractivity contribution in [3.05, 3.63) is 28.2 Å². The maximum atomic E-state index is 11.6. The van der Waals surface area contributed by atoms with Crippen molar-refractivity contribution in [1.82, 2.24) is 5.32 Å². The van der Waals surface area contributed by atoms with E-state index < -0.39 is 16.8 Å². The second-order valence-electron chi connectivity index (χ2n) is 3.65. The van der Waals surface area contributed by atoms with Crippen molar-refractivity contribution in [1.29, 1.82) is 0 Å². The van der Waals surface area contributed by atoms with Gasteiger partial charge in [0.15, 0.2) is 0 Å². The molecule has 104 valence electrons. The van der Waals surface area contributed by atoms with Crippen LogP contribution in [0.2, 0.25) is 10.0 Å². The summed E-state index contributed by atoms with van der Waals surface area (Å²) in [5, 5.41) is 5.41. The van der Waals surface area contributed by atoms with E-state index in [9.17, 15) is 9.59 Å². The molecule has 1 rings (SSSR count). The zero-order chi connectivity index (χ0) is 14.6. The van der Waals surface area contributed by atoms with Crippen molar-refractivity contribution in [2.45, 2.75) is 16.6 Å². The molecule has 8 heteroatoms. The van der Waals surface area contributed by atoms with E-state index in [1.54, 1.807) is 19.1 Å². The number of urea groups is 1. The number of imide groups is 1. The van der Waals surface area contributed by atoms with Crippen molar-refractivity contribution in [3.63, 3.8) is 0 Å². The molecular weight excluding hydrogens is 423 g/mol. The topological polar surface area (TPSA) is 58.2 Å². The highest BCUT2D eigenvalue weighted by molar-refractivity contribution is 9.12. The maximum absolute atomic E-state index is 11.6. The number of rotatable bonds is 3. The Morgan fingerprint density at radius 2 is 1.89 bits per heavy atom. The van der Waals surface area contributed by atoms with Gasteiger partial charge in [0.25, 0.3) is 0 Å². The molecule has 4 nitrogen and oxygen atoms in total. The van der Waals surface area contributed by atoms with Crippen LogP contribution in [0.4, 0.5) is 10.5 Å². The highest BCUT2D eigenvalue weighted by atomic mass is 79.9. The van der Waals surface area contributed by atoms with Crippen LogP contribution in [-0.4, -0.2) is 21.6 Å². The van der Waals surface area contributed by atoms with Crippen LogP contribution < -0.4 is 10.6 Å². The van der Waals surface area contributed by atoms with Gasteiger partial charge < -0.3 is 5.32 Å². The van der Waals surface area contributed by atoms with E-state index in [-0.39, 0.29) is 4.83 Å². The fraction of sp³-hybridized carbons (Fsp3) is 0.273. The first-order valence-electron chi connectivity index (χ1n) is 5.16. The Bertz CT molecular complexity index is 498. The second kappa shape index (κ2) is 7.47. The van der Waals surface area contributed by atoms with Gasteiger partial charge in [-0.1, -0.05) is 62.0 Å². The minimum atomic E-state index is -0.660. The quantitative estimate of drug-likeness (QED) is 0.704. The lowest BCUT2D eigenvalue weighted by atomic mass is 10.3. The van der Waals surface area contributed by atoms with Gasteiger partial charge >= 0.3 is 6.03 Å². The van der Waals surface area contributed by atoms with Crippen LogP contribution in [0.15, 0.2) is 18.2 Å². The molecular formula is C11H10Br2Cl2N2O2. The Balaban J connectivity index is 2.63. The highest BCUT2D eigenvalue weighted by Gasteiger charge is 2.21. The molecule has 19 heavy (non-hydrogen) atoms. The summed E-state index contributed by atoms with van der Waals surface area (Å²) in [5.74, 6) is -0.452. The van der Waals surface area contributed by atoms with Crippen LogP contribution in [0.5, 0.6) is 0 Å². The van der Waals surface area contributed by atoms with Crippen molar-refractivity contribution < 1.29 is 9.59 Å². The smallest absolute Gasteiger partial charge is 0.306 e. The van der Waals surface area contributed by atoms with E-state index in [2.05, 4.69) is 42.5 Å². The number of hydrogen-bond acceptors (Lipinski definition) is 2. The largest absolute Gasteiger partial charge is 0.325 e. The Morgan fingerprint density at radius 3 is 2.42 bits per heavy atom. The minimum absolute atomic E-state index is 0.112. The van der Waals surface area contributed by atoms with E-state index >= 15 is 0 Å². The average molecular weight is 433 g/mol. The lowest BCUT2D eigenvalue weighted by Gasteiger charge is -2.13. The molecule has 0 fully saturated rings. The molecule has 2 atom stereocenters. The lowest BCUT2D eigenvalue weighted by molar-refractivity contribution is -0.119. The predicted octanol–water partition coefficient (Wildman–Crippen LogP) is 4.19. The summed E-state index contributed by atoms with van der Waals surface area (Å²) in [6.07, 6.45) is 0. The highest BCUT2D eigenvalue weighted by Crippen LogP contribution is 2.25. The number of amides is 3. The molecule has 0 saturated carbocycles. The standard InChI is InChI=1S/C11H10Br2Cl2N2O2/c1-5(12)9(13)10(18)17-11(19)16-8-3-2-6(14)4-7(8)15/h2-5,9H,1H3,(H2,16,17,18,19). The molecule has 0 spiro atoms. The van der Waals surface area contributed by atoms with E-state index in [0.717, 1.165) is 0 Å². The number of benzene rings is 1. The van der Waals surface area contributed by atoms with Gasteiger partial charge in [0.2, 0.25) is 5.91 Å². The van der Waals surface area contributed by atoms with Crippen LogP contribution in [0.1, 0.15) is 6.92 Å². The number of carbonyl (C=O) groups excluding carboxylic acids is 2. The monoisotopic (exact) mass is 430 g/mol. The normalized spacial score (nSPS) is 13.5. The number of anilines is 1. The molecule has 2 N–H and O–H groups in total. The molecule has 0 aliphatic rings. The first-order valence-corrected chi connectivity index (χ1v) is 7.75. The van der Waals surface area contributed by atoms with Gasteiger partial charge in [0, 0.05) is 9.85 Å². The summed E-state index contributed by atoms with van der Waals surface area (Å²) >= 11 is 18.0. The third kappa shape index (κ3) is 5.30. The maximum Gasteiger partial charge on any atom is 0.325 e. The number of carbonyl (C=O) groups is 2. The molecule has 0 bridgehead atoms. The molecule has 3 amide bonds. The number of alkyl halides is 2. The third-order valence-corrected chi connectivity index (χ3v) is 5.06. The SMILES string of the molecule is CC(Br)C(Br)C(=O)NC(=O)Nc1ccc(Cl)cc1Cl. The summed E-state index contributed by atoms with van der Waals surface area (Å²) in [4.78, 5) is 22.6. The molecule has 0 aliphatic carbocycles. The van der Waals surface area contributed by atoms with E-state index in [0.29, 0.717) is 15.7 Å². The molecule has 0 radical (unpaired) electrons. The summed E-state index contributed by atoms with van der Waals surface area (Å²) in [6, 6.07) is 3.97. The third-order valence-electron chi connectivity index (χ3n) is 2.07. The van der Waals surface area contributed by atoms with Gasteiger partial charge in [-0.2, -0.15) is 0 Å². The summed E-state index contributed by atoms with van der Waals surface area (Å²) in [7, 11) is 0. The van der Waals surface area contributed by atoms with Gasteiger partial charge in [-0.15, -0.1) is 0 Å². The van der Waals surface area contributed by atoms with Gasteiger partial charge in [0.1, 0.15) is 4.83 Å². The zero-order valence-electron chi connectivity index (χ0n) is 9.72. The van der Waals surface area contributed by atoms with Gasteiger partial charge in [-0.05, 0) is 18.2 Å². The molecule has 0 heterocycles. The van der Waals surface area contributed by atoms with Crippen molar-refractivity contribution >= 4 is 72.7 Å². The van der Waals surface area contributed by atoms with Crippen LogP contribution in [-0.2, 0) is 4.79 Å². The van der Waals surface area contributed by atoms with Gasteiger partial charge in [-0.25, -0.2) is 4.79 Å². The Labute approximate surface area is 137 Å². The summed E-state index contributed by atoms with van der Waals surface area (Å²) < 4.78 is 0. The second-order valence-corrected chi connectivity index (χ2v) is 6.92. The lowest BCUT2D eigenvalue weighted by Crippen LogP contribution is -2.41. The van der Waals surface area contributed by atoms with Crippen molar-refractivity contribution in [3.8, 4) is 0 Å². The minimum Gasteiger partial charge on any atom is -0.306 e. The number of hydrogen-bond donors (Lipinski definition) is 2. The molecule has 0 aliphatic heterocycles. The molecule has 1 aromatic carbocycles. The number of halogens is 4. The Kier molecular flexibility index (Phi) is 6.59. The van der Waals surface area contributed by atoms with Crippen LogP contribution in [0.25, 0.3) is 0 Å². The number of nitrogens with one attached hydrogen (secondary N) is 2. The van der Waals surface area contributed by atoms with Crippen molar-refractivity contribution in [2.24, 2.45) is 0 Å². The Hall–Kier alpha value is -0.300. The molecule has 1 aromatic rings. The molecule has 0 aromatic heterocycles. The average Bonchev–Trinajstić information content (AvgIpc) is 2.31. The molecule has 2 unspecified atom stereocenters. The van der Waals surface area contributed by atoms with Crippen LogP contribution in [0.3, 0.4) is 0 Å². The van der Waals surface area contributed by atoms with Gasteiger partial charge in [0.05, 0.1) is 10.7 Å². The summed E-state index contributed by atoms with van der Waals surface area (Å²) in [6.45, 7) is 1.78. The fourth-order valence-electron chi connectivity index (χ4n) is 1.13. The van der Waals surface area contributed by atoms with Gasteiger partial charge in [-0.3, -0.25) is 10.1 Å². The first kappa shape index (κ1) is 16.8. The fourth-order valence-corrected chi connectivity index (χ4v) is 1.94. The summed E-state index contributed by atoms with van der Waals surface area (Å²) in [5.41, 5.74) is 0.370.